The molecule has 0 bridgehead atoms. The minimum absolute atomic E-state index is 0.00815. The van der Waals surface area contributed by atoms with E-state index in [9.17, 15) is 9.59 Å². The number of benzene rings is 2. The van der Waals surface area contributed by atoms with Gasteiger partial charge < -0.3 is 9.88 Å². The largest absolute Gasteiger partial charge is 0.340 e. The van der Waals surface area contributed by atoms with Gasteiger partial charge in [0, 0.05) is 34.2 Å². The quantitative estimate of drug-likeness (QED) is 0.730. The Morgan fingerprint density at radius 3 is 2.39 bits per heavy atom. The Labute approximate surface area is 138 Å². The highest BCUT2D eigenvalue weighted by atomic mass is 35.5. The van der Waals surface area contributed by atoms with E-state index in [2.05, 4.69) is 5.32 Å². The summed E-state index contributed by atoms with van der Waals surface area (Å²) >= 11 is 6.18. The standard InChI is InChI=1S/C18H15ClN2O2/c1-11(22)12-6-8-13(9-7-12)20-18(23)17-10-14-15(19)4-3-5-16(14)21(17)2/h3-10H,1-2H3,(H,20,23). The number of Topliss-reactive ketones (excluding diaryl/α,β-unsaturated/α-hetero) is 1. The SMILES string of the molecule is CC(=O)c1ccc(NC(=O)c2cc3c(Cl)cccc3n2C)cc1. The molecule has 1 heterocycles. The summed E-state index contributed by atoms with van der Waals surface area (Å²) in [5, 5.41) is 4.29. The molecule has 4 nitrogen and oxygen atoms in total. The molecule has 23 heavy (non-hydrogen) atoms. The summed E-state index contributed by atoms with van der Waals surface area (Å²) in [7, 11) is 1.83. The maximum absolute atomic E-state index is 12.5. The van der Waals surface area contributed by atoms with Crippen molar-refractivity contribution < 1.29 is 9.59 Å². The Balaban J connectivity index is 1.90. The van der Waals surface area contributed by atoms with Crippen LogP contribution < -0.4 is 5.32 Å². The van der Waals surface area contributed by atoms with Crippen LogP contribution in [0, 0.1) is 0 Å². The molecule has 2 aromatic carbocycles. The van der Waals surface area contributed by atoms with Gasteiger partial charge in [0.25, 0.3) is 5.91 Å². The number of hydrogen-bond donors (Lipinski definition) is 1. The molecule has 0 radical (unpaired) electrons. The second-order valence-electron chi connectivity index (χ2n) is 5.35. The van der Waals surface area contributed by atoms with Crippen LogP contribution in [0.25, 0.3) is 10.9 Å². The zero-order valence-electron chi connectivity index (χ0n) is 12.8. The number of anilines is 1. The zero-order valence-corrected chi connectivity index (χ0v) is 13.5. The van der Waals surface area contributed by atoms with Crippen LogP contribution in [0.5, 0.6) is 0 Å². The van der Waals surface area contributed by atoms with E-state index in [1.165, 1.54) is 6.92 Å². The van der Waals surface area contributed by atoms with Gasteiger partial charge in [-0.15, -0.1) is 0 Å². The zero-order chi connectivity index (χ0) is 16.6. The van der Waals surface area contributed by atoms with Crippen molar-refractivity contribution in [2.45, 2.75) is 6.92 Å². The van der Waals surface area contributed by atoms with E-state index in [1.807, 2.05) is 19.2 Å². The minimum atomic E-state index is -0.227. The van der Waals surface area contributed by atoms with E-state index < -0.39 is 0 Å². The highest BCUT2D eigenvalue weighted by Crippen LogP contribution is 2.26. The number of carbonyl (C=O) groups excluding carboxylic acids is 2. The average molecular weight is 327 g/mol. The van der Waals surface area contributed by atoms with Gasteiger partial charge in [-0.1, -0.05) is 17.7 Å². The maximum Gasteiger partial charge on any atom is 0.272 e. The van der Waals surface area contributed by atoms with Crippen LogP contribution in [0.4, 0.5) is 5.69 Å². The van der Waals surface area contributed by atoms with Crippen LogP contribution in [0.15, 0.2) is 48.5 Å². The second kappa shape index (κ2) is 5.89. The molecule has 0 aliphatic carbocycles. The molecule has 0 saturated heterocycles. The Hall–Kier alpha value is -2.59. The van der Waals surface area contributed by atoms with Crippen molar-refractivity contribution >= 4 is 39.9 Å². The normalized spacial score (nSPS) is 10.7. The summed E-state index contributed by atoms with van der Waals surface area (Å²) in [6.07, 6.45) is 0. The lowest BCUT2D eigenvalue weighted by atomic mass is 10.1. The predicted molar refractivity (Wildman–Crippen MR) is 92.3 cm³/mol. The number of aryl methyl sites for hydroxylation is 1. The molecule has 0 unspecified atom stereocenters. The van der Waals surface area contributed by atoms with Crippen molar-refractivity contribution in [3.63, 3.8) is 0 Å². The number of aromatic nitrogens is 1. The Bertz CT molecular complexity index is 911. The molecule has 116 valence electrons. The van der Waals surface area contributed by atoms with Crippen LogP contribution in [0.3, 0.4) is 0 Å². The number of amides is 1. The maximum atomic E-state index is 12.5. The van der Waals surface area contributed by atoms with Crippen LogP contribution in [-0.4, -0.2) is 16.3 Å². The number of fused-ring (bicyclic) bond motifs is 1. The van der Waals surface area contributed by atoms with Crippen molar-refractivity contribution in [2.24, 2.45) is 7.05 Å². The van der Waals surface area contributed by atoms with Crippen LogP contribution >= 0.6 is 11.6 Å². The molecule has 3 rings (SSSR count). The van der Waals surface area contributed by atoms with Gasteiger partial charge in [-0.05, 0) is 49.4 Å². The predicted octanol–water partition coefficient (Wildman–Crippen LogP) is 4.29. The van der Waals surface area contributed by atoms with Gasteiger partial charge in [0.05, 0.1) is 0 Å². The van der Waals surface area contributed by atoms with Gasteiger partial charge in [-0.2, -0.15) is 0 Å². The summed E-state index contributed by atoms with van der Waals surface area (Å²) in [4.78, 5) is 23.8. The molecule has 0 aliphatic heterocycles. The number of carbonyl (C=O) groups is 2. The molecule has 0 atom stereocenters. The third-order valence-corrected chi connectivity index (χ3v) is 4.15. The lowest BCUT2D eigenvalue weighted by Gasteiger charge is -2.07. The number of rotatable bonds is 3. The summed E-state index contributed by atoms with van der Waals surface area (Å²) in [5.41, 5.74) is 2.66. The van der Waals surface area contributed by atoms with Gasteiger partial charge in [-0.25, -0.2) is 0 Å². The van der Waals surface area contributed by atoms with Gasteiger partial charge in [-0.3, -0.25) is 9.59 Å². The highest BCUT2D eigenvalue weighted by molar-refractivity contribution is 6.35. The molecule has 0 saturated carbocycles. The smallest absolute Gasteiger partial charge is 0.272 e. The molecule has 0 aliphatic rings. The molecule has 1 amide bonds. The Morgan fingerprint density at radius 2 is 1.78 bits per heavy atom. The first-order valence-corrected chi connectivity index (χ1v) is 7.51. The second-order valence-corrected chi connectivity index (χ2v) is 5.76. The van der Waals surface area contributed by atoms with E-state index >= 15 is 0 Å². The fourth-order valence-corrected chi connectivity index (χ4v) is 2.75. The van der Waals surface area contributed by atoms with Crippen LogP contribution in [0.1, 0.15) is 27.8 Å². The van der Waals surface area contributed by atoms with Gasteiger partial charge in [0.1, 0.15) is 5.69 Å². The minimum Gasteiger partial charge on any atom is -0.340 e. The number of halogens is 1. The Morgan fingerprint density at radius 1 is 1.09 bits per heavy atom. The molecule has 0 spiro atoms. The monoisotopic (exact) mass is 326 g/mol. The van der Waals surface area contributed by atoms with Crippen LogP contribution in [-0.2, 0) is 7.05 Å². The van der Waals surface area contributed by atoms with Crippen molar-refractivity contribution in [1.29, 1.82) is 0 Å². The van der Waals surface area contributed by atoms with Crippen molar-refractivity contribution in [1.82, 2.24) is 4.57 Å². The third-order valence-electron chi connectivity index (χ3n) is 3.82. The molecule has 3 aromatic rings. The molecular weight excluding hydrogens is 312 g/mol. The summed E-state index contributed by atoms with van der Waals surface area (Å²) in [6.45, 7) is 1.51. The molecule has 5 heteroatoms. The van der Waals surface area contributed by atoms with Crippen LogP contribution in [0.2, 0.25) is 5.02 Å². The number of nitrogens with one attached hydrogen (secondary N) is 1. The van der Waals surface area contributed by atoms with Gasteiger partial charge in [0.2, 0.25) is 0 Å². The first kappa shape index (κ1) is 15.3. The average Bonchev–Trinajstić information content (AvgIpc) is 2.87. The van der Waals surface area contributed by atoms with Gasteiger partial charge >= 0.3 is 0 Å². The van der Waals surface area contributed by atoms with E-state index in [1.54, 1.807) is 41.0 Å². The summed E-state index contributed by atoms with van der Waals surface area (Å²) in [6, 6.07) is 14.1. The lowest BCUT2D eigenvalue weighted by Crippen LogP contribution is -2.15. The number of ketones is 1. The summed E-state index contributed by atoms with van der Waals surface area (Å²) in [5.74, 6) is -0.235. The molecule has 1 aromatic heterocycles. The number of hydrogen-bond acceptors (Lipinski definition) is 2. The fourth-order valence-electron chi connectivity index (χ4n) is 2.53. The molecule has 1 N–H and O–H groups in total. The first-order chi connectivity index (χ1) is 11.0. The molecular formula is C18H15ClN2O2. The topological polar surface area (TPSA) is 51.1 Å². The first-order valence-electron chi connectivity index (χ1n) is 7.13. The van der Waals surface area contributed by atoms with E-state index in [-0.39, 0.29) is 11.7 Å². The third kappa shape index (κ3) is 2.85. The summed E-state index contributed by atoms with van der Waals surface area (Å²) < 4.78 is 1.81. The lowest BCUT2D eigenvalue weighted by molar-refractivity contribution is 0.101. The van der Waals surface area contributed by atoms with Crippen molar-refractivity contribution in [3.8, 4) is 0 Å². The fraction of sp³-hybridized carbons (Fsp3) is 0.111. The molecule has 0 fully saturated rings. The van der Waals surface area contributed by atoms with Crippen molar-refractivity contribution in [2.75, 3.05) is 5.32 Å². The van der Waals surface area contributed by atoms with Gasteiger partial charge in [0.15, 0.2) is 5.78 Å². The number of nitrogens with zero attached hydrogens (tertiary/aromatic N) is 1. The van der Waals surface area contributed by atoms with E-state index in [0.717, 1.165) is 10.9 Å². The van der Waals surface area contributed by atoms with Crippen molar-refractivity contribution in [3.05, 3.63) is 64.8 Å². The highest BCUT2D eigenvalue weighted by Gasteiger charge is 2.15. The van der Waals surface area contributed by atoms with E-state index in [0.29, 0.717) is 22.0 Å². The van der Waals surface area contributed by atoms with E-state index in [4.69, 9.17) is 11.6 Å². The Kier molecular flexibility index (Phi) is 3.92.